The number of nitrogens with zero attached hydrogens (tertiary/aromatic N) is 2. The fourth-order valence-corrected chi connectivity index (χ4v) is 0.554. The molecule has 0 spiro atoms. The average Bonchev–Trinajstić information content (AvgIpc) is 2.05. The molecule has 10 heavy (non-hydrogen) atoms. The highest BCUT2D eigenvalue weighted by molar-refractivity contribution is 5.22. The van der Waals surface area contributed by atoms with Gasteiger partial charge in [0.05, 0.1) is 12.3 Å². The van der Waals surface area contributed by atoms with Gasteiger partial charge in [-0.3, -0.25) is 5.43 Å². The van der Waals surface area contributed by atoms with Crippen molar-refractivity contribution in [3.8, 4) is 0 Å². The van der Waals surface area contributed by atoms with Gasteiger partial charge < -0.3 is 5.11 Å². The number of aliphatic hydroxyl groups is 1. The van der Waals surface area contributed by atoms with Crippen LogP contribution in [-0.2, 0) is 6.61 Å². The third kappa shape index (κ3) is 1.40. The van der Waals surface area contributed by atoms with Crippen molar-refractivity contribution in [1.82, 2.24) is 9.97 Å². The van der Waals surface area contributed by atoms with Crippen molar-refractivity contribution in [2.45, 2.75) is 6.61 Å². The lowest BCUT2D eigenvalue weighted by Crippen LogP contribution is -2.10. The van der Waals surface area contributed by atoms with E-state index >= 15 is 0 Å². The van der Waals surface area contributed by atoms with E-state index in [2.05, 4.69) is 15.4 Å². The van der Waals surface area contributed by atoms with Crippen LogP contribution in [-0.4, -0.2) is 15.1 Å². The summed E-state index contributed by atoms with van der Waals surface area (Å²) in [5.41, 5.74) is 2.81. The molecular weight excluding hydrogens is 132 g/mol. The van der Waals surface area contributed by atoms with Crippen LogP contribution < -0.4 is 11.3 Å². The van der Waals surface area contributed by atoms with E-state index in [1.807, 2.05) is 0 Å². The number of aliphatic hydroxyl groups excluding tert-OH is 1. The number of nitrogens with one attached hydrogen (secondary N) is 1. The van der Waals surface area contributed by atoms with Gasteiger partial charge in [0.25, 0.3) is 0 Å². The van der Waals surface area contributed by atoms with Crippen molar-refractivity contribution >= 4 is 5.95 Å². The van der Waals surface area contributed by atoms with E-state index in [1.165, 1.54) is 6.20 Å². The van der Waals surface area contributed by atoms with Gasteiger partial charge >= 0.3 is 0 Å². The fourth-order valence-electron chi connectivity index (χ4n) is 0.554. The lowest BCUT2D eigenvalue weighted by molar-refractivity contribution is 0.277. The van der Waals surface area contributed by atoms with Crippen LogP contribution in [0.5, 0.6) is 0 Å². The third-order valence-electron chi connectivity index (χ3n) is 1.00. The molecule has 0 amide bonds. The quantitative estimate of drug-likeness (QED) is 0.372. The van der Waals surface area contributed by atoms with Crippen molar-refractivity contribution in [3.05, 3.63) is 18.0 Å². The van der Waals surface area contributed by atoms with E-state index in [4.69, 9.17) is 10.9 Å². The van der Waals surface area contributed by atoms with Crippen molar-refractivity contribution in [2.24, 2.45) is 5.84 Å². The second-order valence-corrected chi connectivity index (χ2v) is 1.67. The Bertz CT molecular complexity index is 195. The average molecular weight is 140 g/mol. The molecule has 0 unspecified atom stereocenters. The summed E-state index contributed by atoms with van der Waals surface area (Å²) >= 11 is 0. The van der Waals surface area contributed by atoms with Crippen LogP contribution in [0.4, 0.5) is 5.95 Å². The number of hydrogen-bond donors (Lipinski definition) is 3. The Morgan fingerprint density at radius 2 is 2.50 bits per heavy atom. The second-order valence-electron chi connectivity index (χ2n) is 1.67. The first-order chi connectivity index (χ1) is 4.86. The minimum Gasteiger partial charge on any atom is -0.390 e. The maximum Gasteiger partial charge on any atom is 0.237 e. The molecular formula is C5H8N4O. The molecule has 0 aliphatic carbocycles. The van der Waals surface area contributed by atoms with Crippen LogP contribution in [0.1, 0.15) is 5.69 Å². The number of aromatic nitrogens is 2. The molecule has 54 valence electrons. The van der Waals surface area contributed by atoms with Crippen molar-refractivity contribution in [2.75, 3.05) is 5.43 Å². The molecule has 5 nitrogen and oxygen atoms in total. The van der Waals surface area contributed by atoms with E-state index in [-0.39, 0.29) is 6.61 Å². The smallest absolute Gasteiger partial charge is 0.237 e. The SMILES string of the molecule is NNc1nccc(CO)n1. The lowest BCUT2D eigenvalue weighted by atomic mass is 10.4. The van der Waals surface area contributed by atoms with Crippen LogP contribution >= 0.6 is 0 Å². The van der Waals surface area contributed by atoms with Crippen LogP contribution in [0.15, 0.2) is 12.3 Å². The molecule has 0 aliphatic heterocycles. The zero-order chi connectivity index (χ0) is 7.40. The van der Waals surface area contributed by atoms with Crippen LogP contribution in [0.25, 0.3) is 0 Å². The first kappa shape index (κ1) is 6.91. The molecule has 0 saturated carbocycles. The highest BCUT2D eigenvalue weighted by Crippen LogP contribution is 1.96. The minimum atomic E-state index is -0.100. The summed E-state index contributed by atoms with van der Waals surface area (Å²) in [7, 11) is 0. The summed E-state index contributed by atoms with van der Waals surface area (Å²) in [6.45, 7) is -0.100. The molecule has 0 aromatic carbocycles. The van der Waals surface area contributed by atoms with E-state index in [0.717, 1.165) is 0 Å². The predicted molar refractivity (Wildman–Crippen MR) is 35.8 cm³/mol. The molecule has 0 aliphatic rings. The van der Waals surface area contributed by atoms with E-state index < -0.39 is 0 Å². The summed E-state index contributed by atoms with van der Waals surface area (Å²) in [6, 6.07) is 1.61. The lowest BCUT2D eigenvalue weighted by Gasteiger charge is -1.97. The Morgan fingerprint density at radius 3 is 3.10 bits per heavy atom. The zero-order valence-corrected chi connectivity index (χ0v) is 5.28. The monoisotopic (exact) mass is 140 g/mol. The van der Waals surface area contributed by atoms with Gasteiger partial charge in [-0.1, -0.05) is 0 Å². The van der Waals surface area contributed by atoms with Crippen LogP contribution in [0.2, 0.25) is 0 Å². The summed E-state index contributed by atoms with van der Waals surface area (Å²) in [5.74, 6) is 5.33. The summed E-state index contributed by atoms with van der Waals surface area (Å²) < 4.78 is 0. The topological polar surface area (TPSA) is 84.1 Å². The van der Waals surface area contributed by atoms with E-state index in [9.17, 15) is 0 Å². The Kier molecular flexibility index (Phi) is 2.14. The number of hydrazine groups is 1. The van der Waals surface area contributed by atoms with E-state index in [1.54, 1.807) is 6.07 Å². The first-order valence-electron chi connectivity index (χ1n) is 2.76. The Labute approximate surface area is 57.9 Å². The summed E-state index contributed by atoms with van der Waals surface area (Å²) in [4.78, 5) is 7.56. The molecule has 0 radical (unpaired) electrons. The maximum absolute atomic E-state index is 8.60. The predicted octanol–water partition coefficient (Wildman–Crippen LogP) is -0.746. The third-order valence-corrected chi connectivity index (χ3v) is 1.00. The first-order valence-corrected chi connectivity index (χ1v) is 2.76. The summed E-state index contributed by atoms with van der Waals surface area (Å²) in [5, 5.41) is 8.60. The van der Waals surface area contributed by atoms with Gasteiger partial charge in [0, 0.05) is 6.20 Å². The normalized spacial score (nSPS) is 9.40. The molecule has 1 aromatic rings. The van der Waals surface area contributed by atoms with Gasteiger partial charge in [0.2, 0.25) is 5.95 Å². The van der Waals surface area contributed by atoms with Crippen molar-refractivity contribution in [1.29, 1.82) is 0 Å². The second kappa shape index (κ2) is 3.09. The zero-order valence-electron chi connectivity index (χ0n) is 5.28. The van der Waals surface area contributed by atoms with Crippen LogP contribution in [0.3, 0.4) is 0 Å². The van der Waals surface area contributed by atoms with E-state index in [0.29, 0.717) is 11.6 Å². The van der Waals surface area contributed by atoms with Gasteiger partial charge in [-0.25, -0.2) is 15.8 Å². The molecule has 1 heterocycles. The molecule has 1 aromatic heterocycles. The number of anilines is 1. The van der Waals surface area contributed by atoms with Gasteiger partial charge in [0.15, 0.2) is 0 Å². The van der Waals surface area contributed by atoms with Gasteiger partial charge in [-0.2, -0.15) is 0 Å². The largest absolute Gasteiger partial charge is 0.390 e. The van der Waals surface area contributed by atoms with Gasteiger partial charge in [-0.15, -0.1) is 0 Å². The molecule has 5 heteroatoms. The molecule has 4 N–H and O–H groups in total. The molecule has 0 atom stereocenters. The van der Waals surface area contributed by atoms with Gasteiger partial charge in [0.1, 0.15) is 0 Å². The Balaban J connectivity index is 2.87. The number of nitrogens with two attached hydrogens (primary N) is 1. The highest BCUT2D eigenvalue weighted by atomic mass is 16.3. The Hall–Kier alpha value is -1.20. The molecule has 0 bridgehead atoms. The highest BCUT2D eigenvalue weighted by Gasteiger charge is 1.93. The Morgan fingerprint density at radius 1 is 1.70 bits per heavy atom. The van der Waals surface area contributed by atoms with Crippen LogP contribution in [0, 0.1) is 0 Å². The van der Waals surface area contributed by atoms with Crippen molar-refractivity contribution < 1.29 is 5.11 Å². The van der Waals surface area contributed by atoms with Gasteiger partial charge in [-0.05, 0) is 6.07 Å². The fraction of sp³-hybridized carbons (Fsp3) is 0.200. The molecule has 1 rings (SSSR count). The minimum absolute atomic E-state index is 0.100. The molecule has 0 saturated heterocycles. The summed E-state index contributed by atoms with van der Waals surface area (Å²) in [6.07, 6.45) is 1.52. The number of rotatable bonds is 2. The van der Waals surface area contributed by atoms with Crippen molar-refractivity contribution in [3.63, 3.8) is 0 Å². The molecule has 0 fully saturated rings. The number of nitrogen functional groups attached to an aromatic ring is 1. The standard InChI is InChI=1S/C5H8N4O/c6-9-5-7-2-1-4(3-10)8-5/h1-2,10H,3,6H2,(H,7,8,9). The maximum atomic E-state index is 8.60. The number of hydrogen-bond acceptors (Lipinski definition) is 5.